The van der Waals surface area contributed by atoms with E-state index < -0.39 is 12.0 Å². The van der Waals surface area contributed by atoms with Crippen molar-refractivity contribution in [1.29, 1.82) is 0 Å². The number of nitrogens with one attached hydrogen (secondary N) is 1. The van der Waals surface area contributed by atoms with E-state index in [1.807, 2.05) is 6.08 Å². The molecule has 0 spiro atoms. The molecule has 0 aromatic heterocycles. The summed E-state index contributed by atoms with van der Waals surface area (Å²) in [6.45, 7) is 0. The van der Waals surface area contributed by atoms with Gasteiger partial charge in [0.1, 0.15) is 11.8 Å². The first-order valence-electron chi connectivity index (χ1n) is 7.82. The minimum atomic E-state index is -1.08. The Labute approximate surface area is 135 Å². The lowest BCUT2D eigenvalue weighted by molar-refractivity contribution is -0.141. The SMILES string of the molecule is O=C(N[C@@H](Cc1ccc(O)cc1)C(=O)O)C1=C=CCCCCC1. The van der Waals surface area contributed by atoms with E-state index in [0.29, 0.717) is 12.0 Å². The van der Waals surface area contributed by atoms with E-state index in [1.54, 1.807) is 12.1 Å². The van der Waals surface area contributed by atoms with Gasteiger partial charge in [0.15, 0.2) is 0 Å². The van der Waals surface area contributed by atoms with Gasteiger partial charge >= 0.3 is 5.97 Å². The molecule has 1 aromatic rings. The number of hydrogen-bond donors (Lipinski definition) is 3. The number of phenolic OH excluding ortho intramolecular Hbond substituents is 1. The number of benzene rings is 1. The van der Waals surface area contributed by atoms with Crippen molar-refractivity contribution in [2.75, 3.05) is 0 Å². The number of aromatic hydroxyl groups is 1. The molecule has 3 N–H and O–H groups in total. The second kappa shape index (κ2) is 8.20. The highest BCUT2D eigenvalue weighted by molar-refractivity contribution is 5.95. The van der Waals surface area contributed by atoms with Crippen LogP contribution in [0.2, 0.25) is 0 Å². The molecule has 0 radical (unpaired) electrons. The van der Waals surface area contributed by atoms with Gasteiger partial charge in [-0.05, 0) is 49.5 Å². The fourth-order valence-corrected chi connectivity index (χ4v) is 2.48. The molecule has 1 aliphatic carbocycles. The Morgan fingerprint density at radius 1 is 1.17 bits per heavy atom. The number of carbonyl (C=O) groups excluding carboxylic acids is 1. The van der Waals surface area contributed by atoms with Gasteiger partial charge in [-0.2, -0.15) is 0 Å². The zero-order valence-electron chi connectivity index (χ0n) is 12.9. The summed E-state index contributed by atoms with van der Waals surface area (Å²) in [5.41, 5.74) is 4.24. The van der Waals surface area contributed by atoms with Gasteiger partial charge in [0.2, 0.25) is 0 Å². The van der Waals surface area contributed by atoms with E-state index in [1.165, 1.54) is 12.1 Å². The summed E-state index contributed by atoms with van der Waals surface area (Å²) >= 11 is 0. The van der Waals surface area contributed by atoms with Crippen molar-refractivity contribution in [3.05, 3.63) is 47.2 Å². The summed E-state index contributed by atoms with van der Waals surface area (Å²) in [5.74, 6) is -1.33. The smallest absolute Gasteiger partial charge is 0.326 e. The molecular weight excluding hydrogens is 294 g/mol. The van der Waals surface area contributed by atoms with Crippen LogP contribution in [0.1, 0.15) is 37.7 Å². The molecule has 2 rings (SSSR count). The molecule has 0 aliphatic heterocycles. The van der Waals surface area contributed by atoms with Crippen LogP contribution >= 0.6 is 0 Å². The minimum absolute atomic E-state index is 0.120. The lowest BCUT2D eigenvalue weighted by atomic mass is 10.0. The molecule has 5 heteroatoms. The zero-order valence-corrected chi connectivity index (χ0v) is 12.9. The lowest BCUT2D eigenvalue weighted by Gasteiger charge is -2.16. The van der Waals surface area contributed by atoms with Crippen molar-refractivity contribution in [3.63, 3.8) is 0 Å². The van der Waals surface area contributed by atoms with Crippen molar-refractivity contribution in [2.45, 2.75) is 44.6 Å². The summed E-state index contributed by atoms with van der Waals surface area (Å²) in [7, 11) is 0. The van der Waals surface area contributed by atoms with E-state index in [-0.39, 0.29) is 18.1 Å². The van der Waals surface area contributed by atoms with Crippen LogP contribution in [0.4, 0.5) is 0 Å². The number of rotatable bonds is 5. The third-order valence-corrected chi connectivity index (χ3v) is 3.81. The van der Waals surface area contributed by atoms with Gasteiger partial charge in [0.25, 0.3) is 5.91 Å². The van der Waals surface area contributed by atoms with Gasteiger partial charge < -0.3 is 15.5 Å². The number of carboxylic acids is 1. The molecule has 1 amide bonds. The van der Waals surface area contributed by atoms with E-state index in [4.69, 9.17) is 0 Å². The molecule has 0 saturated carbocycles. The topological polar surface area (TPSA) is 86.6 Å². The van der Waals surface area contributed by atoms with E-state index >= 15 is 0 Å². The summed E-state index contributed by atoms with van der Waals surface area (Å²) in [5, 5.41) is 21.2. The number of amides is 1. The average Bonchev–Trinajstić information content (AvgIpc) is 2.48. The molecule has 122 valence electrons. The van der Waals surface area contributed by atoms with E-state index in [0.717, 1.165) is 31.2 Å². The summed E-state index contributed by atoms with van der Waals surface area (Å²) in [6, 6.07) is 5.28. The van der Waals surface area contributed by atoms with Crippen LogP contribution in [0.15, 0.2) is 41.6 Å². The molecule has 0 unspecified atom stereocenters. The second-order valence-corrected chi connectivity index (χ2v) is 5.66. The number of hydrogen-bond acceptors (Lipinski definition) is 3. The fraction of sp³-hybridized carbons (Fsp3) is 0.389. The number of phenols is 1. The van der Waals surface area contributed by atoms with Crippen LogP contribution in [0.5, 0.6) is 5.75 Å². The molecular formula is C18H21NO4. The zero-order chi connectivity index (χ0) is 16.7. The molecule has 1 atom stereocenters. The summed E-state index contributed by atoms with van der Waals surface area (Å²) in [6.07, 6.45) is 6.60. The number of aliphatic carboxylic acids is 1. The highest BCUT2D eigenvalue weighted by Gasteiger charge is 2.22. The van der Waals surface area contributed by atoms with Crippen LogP contribution in [0, 0.1) is 0 Å². The highest BCUT2D eigenvalue weighted by atomic mass is 16.4. The molecule has 0 heterocycles. The van der Waals surface area contributed by atoms with Gasteiger partial charge in [-0.1, -0.05) is 18.6 Å². The maximum atomic E-state index is 12.3. The van der Waals surface area contributed by atoms with Crippen molar-refractivity contribution in [3.8, 4) is 5.75 Å². The Kier molecular flexibility index (Phi) is 6.01. The van der Waals surface area contributed by atoms with Crippen molar-refractivity contribution in [2.24, 2.45) is 0 Å². The van der Waals surface area contributed by atoms with Crippen molar-refractivity contribution < 1.29 is 19.8 Å². The van der Waals surface area contributed by atoms with Crippen LogP contribution in [-0.2, 0) is 16.0 Å². The van der Waals surface area contributed by atoms with E-state index in [9.17, 15) is 19.8 Å². The molecule has 23 heavy (non-hydrogen) atoms. The Hall–Kier alpha value is -2.52. The maximum Gasteiger partial charge on any atom is 0.326 e. The largest absolute Gasteiger partial charge is 0.508 e. The normalized spacial score (nSPS) is 15.9. The van der Waals surface area contributed by atoms with Crippen molar-refractivity contribution in [1.82, 2.24) is 5.32 Å². The second-order valence-electron chi connectivity index (χ2n) is 5.66. The van der Waals surface area contributed by atoms with Crippen LogP contribution < -0.4 is 5.32 Å². The summed E-state index contributed by atoms with van der Waals surface area (Å²) < 4.78 is 0. The fourth-order valence-electron chi connectivity index (χ4n) is 2.48. The highest BCUT2D eigenvalue weighted by Crippen LogP contribution is 2.15. The Bertz CT molecular complexity index is 627. The van der Waals surface area contributed by atoms with Gasteiger partial charge in [-0.15, -0.1) is 5.73 Å². The maximum absolute atomic E-state index is 12.3. The third kappa shape index (κ3) is 5.31. The number of carbonyl (C=O) groups is 2. The van der Waals surface area contributed by atoms with Crippen LogP contribution in [0.25, 0.3) is 0 Å². The molecule has 1 aliphatic rings. The molecule has 0 fully saturated rings. The van der Waals surface area contributed by atoms with Crippen LogP contribution in [-0.4, -0.2) is 28.1 Å². The number of carboxylic acid groups (broad SMARTS) is 1. The summed E-state index contributed by atoms with van der Waals surface area (Å²) in [4.78, 5) is 23.7. The first kappa shape index (κ1) is 16.8. The average molecular weight is 315 g/mol. The molecule has 0 bridgehead atoms. The Morgan fingerprint density at radius 2 is 1.91 bits per heavy atom. The predicted octanol–water partition coefficient (Wildman–Crippen LogP) is 2.55. The van der Waals surface area contributed by atoms with Crippen LogP contribution in [0.3, 0.4) is 0 Å². The minimum Gasteiger partial charge on any atom is -0.508 e. The van der Waals surface area contributed by atoms with E-state index in [2.05, 4.69) is 11.0 Å². The Balaban J connectivity index is 2.06. The van der Waals surface area contributed by atoms with Gasteiger partial charge in [-0.3, -0.25) is 4.79 Å². The monoisotopic (exact) mass is 315 g/mol. The van der Waals surface area contributed by atoms with Gasteiger partial charge in [0.05, 0.1) is 5.57 Å². The molecule has 5 nitrogen and oxygen atoms in total. The van der Waals surface area contributed by atoms with Crippen molar-refractivity contribution >= 4 is 11.9 Å². The molecule has 1 aromatic carbocycles. The quantitative estimate of drug-likeness (QED) is 0.729. The predicted molar refractivity (Wildman–Crippen MR) is 86.1 cm³/mol. The molecule has 0 saturated heterocycles. The first-order valence-corrected chi connectivity index (χ1v) is 7.82. The lowest BCUT2D eigenvalue weighted by Crippen LogP contribution is -2.42. The van der Waals surface area contributed by atoms with Gasteiger partial charge in [0, 0.05) is 6.42 Å². The third-order valence-electron chi connectivity index (χ3n) is 3.81. The first-order chi connectivity index (χ1) is 11.1. The standard InChI is InChI=1S/C18H21NO4/c20-15-10-8-13(9-11-15)12-16(18(22)23)19-17(21)14-6-4-2-1-3-5-7-14/h4,8-11,16,20H,1-3,5,7,12H2,(H,19,21)(H,22,23)/t6?,16-/m0/s1. The Morgan fingerprint density at radius 3 is 2.61 bits per heavy atom. The van der Waals surface area contributed by atoms with Gasteiger partial charge in [-0.25, -0.2) is 4.79 Å².